The third-order valence-electron chi connectivity index (χ3n) is 4.55. The van der Waals surface area contributed by atoms with Crippen LogP contribution in [0.1, 0.15) is 24.4 Å². The molecule has 3 aromatic rings. The lowest BCUT2D eigenvalue weighted by Crippen LogP contribution is -2.21. The van der Waals surface area contributed by atoms with E-state index in [-0.39, 0.29) is 6.04 Å². The molecule has 0 unspecified atom stereocenters. The molecule has 0 aliphatic heterocycles. The van der Waals surface area contributed by atoms with E-state index in [1.807, 2.05) is 37.4 Å². The topological polar surface area (TPSA) is 57.5 Å². The van der Waals surface area contributed by atoms with E-state index in [2.05, 4.69) is 22.9 Å². The van der Waals surface area contributed by atoms with E-state index in [0.29, 0.717) is 23.8 Å². The molecule has 138 valence electrons. The molecule has 6 nitrogen and oxygen atoms in total. The number of methoxy groups -OCH3 is 3. The van der Waals surface area contributed by atoms with Gasteiger partial charge in [-0.2, -0.15) is 0 Å². The summed E-state index contributed by atoms with van der Waals surface area (Å²) in [6, 6.07) is 12.1. The maximum Gasteiger partial charge on any atom is 0.203 e. The summed E-state index contributed by atoms with van der Waals surface area (Å²) in [4.78, 5) is 4.75. The zero-order valence-electron chi connectivity index (χ0n) is 15.9. The summed E-state index contributed by atoms with van der Waals surface area (Å²) in [5, 5.41) is 3.52. The molecule has 26 heavy (non-hydrogen) atoms. The predicted octanol–water partition coefficient (Wildman–Crippen LogP) is 3.45. The SMILES string of the molecule is COc1cc(CN[C@H](C)c2nc3ccccc3n2C)cc(OC)c1OC. The quantitative estimate of drug-likeness (QED) is 0.703. The molecular formula is C20H25N3O3. The maximum absolute atomic E-state index is 5.42. The first kappa shape index (κ1) is 18.1. The molecule has 2 aromatic carbocycles. The number of hydrogen-bond acceptors (Lipinski definition) is 5. The van der Waals surface area contributed by atoms with Crippen LogP contribution in [0.15, 0.2) is 36.4 Å². The number of nitrogens with zero attached hydrogens (tertiary/aromatic N) is 2. The molecule has 0 saturated heterocycles. The Kier molecular flexibility index (Phi) is 5.32. The summed E-state index contributed by atoms with van der Waals surface area (Å²) in [6.45, 7) is 2.76. The Labute approximate surface area is 153 Å². The van der Waals surface area contributed by atoms with Crippen LogP contribution >= 0.6 is 0 Å². The van der Waals surface area contributed by atoms with Crippen molar-refractivity contribution >= 4 is 11.0 Å². The summed E-state index contributed by atoms with van der Waals surface area (Å²) >= 11 is 0. The Balaban J connectivity index is 1.80. The molecule has 0 aliphatic rings. The van der Waals surface area contributed by atoms with Crippen molar-refractivity contribution in [1.29, 1.82) is 0 Å². The Bertz CT molecular complexity index is 879. The third-order valence-corrected chi connectivity index (χ3v) is 4.55. The first-order valence-electron chi connectivity index (χ1n) is 8.52. The van der Waals surface area contributed by atoms with Gasteiger partial charge in [0.1, 0.15) is 5.82 Å². The highest BCUT2D eigenvalue weighted by Crippen LogP contribution is 2.38. The van der Waals surface area contributed by atoms with Crippen LogP contribution in [0.25, 0.3) is 11.0 Å². The molecule has 0 aliphatic carbocycles. The molecule has 3 rings (SSSR count). The lowest BCUT2D eigenvalue weighted by Gasteiger charge is -2.17. The van der Waals surface area contributed by atoms with Gasteiger partial charge in [0.25, 0.3) is 0 Å². The van der Waals surface area contributed by atoms with Gasteiger partial charge in [-0.1, -0.05) is 12.1 Å². The van der Waals surface area contributed by atoms with E-state index in [9.17, 15) is 0 Å². The Morgan fingerprint density at radius 3 is 2.27 bits per heavy atom. The molecule has 1 N–H and O–H groups in total. The van der Waals surface area contributed by atoms with Gasteiger partial charge in [-0.25, -0.2) is 4.98 Å². The molecule has 1 aromatic heterocycles. The molecule has 0 spiro atoms. The van der Waals surface area contributed by atoms with Crippen molar-refractivity contribution in [1.82, 2.24) is 14.9 Å². The van der Waals surface area contributed by atoms with Crippen LogP contribution in [0, 0.1) is 0 Å². The van der Waals surface area contributed by atoms with Crippen molar-refractivity contribution in [2.45, 2.75) is 19.5 Å². The van der Waals surface area contributed by atoms with E-state index in [0.717, 1.165) is 22.4 Å². The number of fused-ring (bicyclic) bond motifs is 1. The largest absolute Gasteiger partial charge is 0.493 e. The molecule has 0 radical (unpaired) electrons. The number of ether oxygens (including phenoxy) is 3. The van der Waals surface area contributed by atoms with Gasteiger partial charge in [-0.05, 0) is 36.8 Å². The van der Waals surface area contributed by atoms with E-state index in [4.69, 9.17) is 19.2 Å². The number of imidazole rings is 1. The first-order valence-corrected chi connectivity index (χ1v) is 8.52. The van der Waals surface area contributed by atoms with Crippen molar-refractivity contribution in [2.75, 3.05) is 21.3 Å². The van der Waals surface area contributed by atoms with Gasteiger partial charge < -0.3 is 24.1 Å². The fraction of sp³-hybridized carbons (Fsp3) is 0.350. The van der Waals surface area contributed by atoms with Crippen LogP contribution in [0.2, 0.25) is 0 Å². The Morgan fingerprint density at radius 1 is 1.04 bits per heavy atom. The van der Waals surface area contributed by atoms with Crippen LogP contribution < -0.4 is 19.5 Å². The van der Waals surface area contributed by atoms with Crippen molar-refractivity contribution in [3.63, 3.8) is 0 Å². The fourth-order valence-electron chi connectivity index (χ4n) is 3.15. The molecule has 0 fully saturated rings. The number of aryl methyl sites for hydroxylation is 1. The van der Waals surface area contributed by atoms with Gasteiger partial charge in [0.2, 0.25) is 5.75 Å². The second kappa shape index (κ2) is 7.66. The minimum atomic E-state index is 0.0893. The van der Waals surface area contributed by atoms with Crippen LogP contribution in [0.4, 0.5) is 0 Å². The summed E-state index contributed by atoms with van der Waals surface area (Å²) in [5.41, 5.74) is 3.18. The van der Waals surface area contributed by atoms with Gasteiger partial charge in [0.15, 0.2) is 11.5 Å². The predicted molar refractivity (Wildman–Crippen MR) is 102 cm³/mol. The molecule has 0 bridgehead atoms. The summed E-state index contributed by atoms with van der Waals surface area (Å²) < 4.78 is 18.3. The van der Waals surface area contributed by atoms with Gasteiger partial charge in [-0.15, -0.1) is 0 Å². The van der Waals surface area contributed by atoms with Crippen LogP contribution in [0.5, 0.6) is 17.2 Å². The highest BCUT2D eigenvalue weighted by atomic mass is 16.5. The zero-order valence-corrected chi connectivity index (χ0v) is 15.9. The average molecular weight is 355 g/mol. The first-order chi connectivity index (χ1) is 12.6. The van der Waals surface area contributed by atoms with Gasteiger partial charge >= 0.3 is 0 Å². The summed E-state index contributed by atoms with van der Waals surface area (Å²) in [6.07, 6.45) is 0. The molecule has 0 saturated carbocycles. The minimum absolute atomic E-state index is 0.0893. The average Bonchev–Trinajstić information content (AvgIpc) is 3.02. The number of benzene rings is 2. The smallest absolute Gasteiger partial charge is 0.203 e. The second-order valence-corrected chi connectivity index (χ2v) is 6.15. The number of aromatic nitrogens is 2. The highest BCUT2D eigenvalue weighted by Gasteiger charge is 2.16. The van der Waals surface area contributed by atoms with Crippen molar-refractivity contribution < 1.29 is 14.2 Å². The normalized spacial score (nSPS) is 12.2. The molecule has 0 amide bonds. The Hall–Kier alpha value is -2.73. The van der Waals surface area contributed by atoms with Crippen LogP contribution in [-0.4, -0.2) is 30.9 Å². The maximum atomic E-state index is 5.42. The zero-order chi connectivity index (χ0) is 18.7. The standard InChI is InChI=1S/C20H25N3O3/c1-13(20-22-15-8-6-7-9-16(15)23(20)2)21-12-14-10-17(24-3)19(26-5)18(11-14)25-4/h6-11,13,21H,12H2,1-5H3/t13-/m1/s1. The summed E-state index contributed by atoms with van der Waals surface area (Å²) in [7, 11) is 6.89. The molecule has 1 atom stereocenters. The monoisotopic (exact) mass is 355 g/mol. The van der Waals surface area contributed by atoms with Crippen molar-refractivity contribution in [3.8, 4) is 17.2 Å². The van der Waals surface area contributed by atoms with E-state index in [1.165, 1.54) is 0 Å². The van der Waals surface area contributed by atoms with Crippen molar-refractivity contribution in [3.05, 3.63) is 47.8 Å². The lowest BCUT2D eigenvalue weighted by atomic mass is 10.1. The number of para-hydroxylation sites is 2. The highest BCUT2D eigenvalue weighted by molar-refractivity contribution is 5.75. The fourth-order valence-corrected chi connectivity index (χ4v) is 3.15. The Morgan fingerprint density at radius 2 is 1.69 bits per heavy atom. The number of nitrogens with one attached hydrogen (secondary N) is 1. The van der Waals surface area contributed by atoms with Gasteiger partial charge in [-0.3, -0.25) is 0 Å². The van der Waals surface area contributed by atoms with E-state index in [1.54, 1.807) is 21.3 Å². The van der Waals surface area contributed by atoms with Crippen molar-refractivity contribution in [2.24, 2.45) is 7.05 Å². The molecular weight excluding hydrogens is 330 g/mol. The van der Waals surface area contributed by atoms with E-state index < -0.39 is 0 Å². The summed E-state index contributed by atoms with van der Waals surface area (Å²) in [5.74, 6) is 2.90. The third kappa shape index (κ3) is 3.32. The molecule has 6 heteroatoms. The second-order valence-electron chi connectivity index (χ2n) is 6.15. The van der Waals surface area contributed by atoms with Gasteiger partial charge in [0, 0.05) is 13.6 Å². The van der Waals surface area contributed by atoms with Crippen LogP contribution in [0.3, 0.4) is 0 Å². The minimum Gasteiger partial charge on any atom is -0.493 e. The van der Waals surface area contributed by atoms with Gasteiger partial charge in [0.05, 0.1) is 38.4 Å². The lowest BCUT2D eigenvalue weighted by molar-refractivity contribution is 0.323. The van der Waals surface area contributed by atoms with Crippen LogP contribution in [-0.2, 0) is 13.6 Å². The number of hydrogen-bond donors (Lipinski definition) is 1. The molecule has 1 heterocycles. The number of rotatable bonds is 7. The van der Waals surface area contributed by atoms with E-state index >= 15 is 0 Å².